The van der Waals surface area contributed by atoms with Gasteiger partial charge < -0.3 is 15.0 Å². The standard InChI is InChI=1S/C23H26FN3O2S/c1-5-21(22(28)25-15(2)3)27(18-10-12-19(29-4)13-11-18)23-26-20(14-30-23)16-6-8-17(24)9-7-16/h6-15,21H,5H2,1-4H3,(H,25,28). The highest BCUT2D eigenvalue weighted by molar-refractivity contribution is 7.14. The van der Waals surface area contributed by atoms with Gasteiger partial charge in [-0.3, -0.25) is 4.79 Å². The number of halogens is 1. The van der Waals surface area contributed by atoms with Crippen molar-refractivity contribution < 1.29 is 13.9 Å². The maximum atomic E-state index is 13.3. The zero-order chi connectivity index (χ0) is 21.7. The van der Waals surface area contributed by atoms with E-state index in [9.17, 15) is 9.18 Å². The lowest BCUT2D eigenvalue weighted by molar-refractivity contribution is -0.122. The predicted octanol–water partition coefficient (Wildman–Crippen LogP) is 5.40. The molecule has 30 heavy (non-hydrogen) atoms. The lowest BCUT2D eigenvalue weighted by atomic mass is 10.1. The number of methoxy groups -OCH3 is 1. The second kappa shape index (κ2) is 9.71. The van der Waals surface area contributed by atoms with E-state index in [0.29, 0.717) is 11.6 Å². The molecular formula is C23H26FN3O2S. The predicted molar refractivity (Wildman–Crippen MR) is 120 cm³/mol. The monoisotopic (exact) mass is 427 g/mol. The summed E-state index contributed by atoms with van der Waals surface area (Å²) in [5.74, 6) is 0.400. The lowest BCUT2D eigenvalue weighted by Gasteiger charge is -2.30. The van der Waals surface area contributed by atoms with E-state index in [1.807, 2.05) is 55.3 Å². The molecule has 0 aliphatic carbocycles. The molecule has 1 amide bonds. The second-order valence-corrected chi connectivity index (χ2v) is 8.01. The van der Waals surface area contributed by atoms with Gasteiger partial charge in [-0.25, -0.2) is 9.37 Å². The van der Waals surface area contributed by atoms with Crippen LogP contribution in [0.4, 0.5) is 15.2 Å². The van der Waals surface area contributed by atoms with Gasteiger partial charge in [-0.1, -0.05) is 6.92 Å². The summed E-state index contributed by atoms with van der Waals surface area (Å²) in [6.45, 7) is 5.87. The molecular weight excluding hydrogens is 401 g/mol. The van der Waals surface area contributed by atoms with Gasteiger partial charge in [0.05, 0.1) is 12.8 Å². The normalized spacial score (nSPS) is 11.9. The third-order valence-corrected chi connectivity index (χ3v) is 5.46. The molecule has 0 saturated carbocycles. The van der Waals surface area contributed by atoms with Crippen molar-refractivity contribution in [3.05, 3.63) is 59.7 Å². The number of nitrogens with one attached hydrogen (secondary N) is 1. The highest BCUT2D eigenvalue weighted by atomic mass is 32.1. The summed E-state index contributed by atoms with van der Waals surface area (Å²) < 4.78 is 18.6. The van der Waals surface area contributed by atoms with E-state index in [-0.39, 0.29) is 17.8 Å². The number of thiazole rings is 1. The van der Waals surface area contributed by atoms with E-state index in [4.69, 9.17) is 9.72 Å². The number of carbonyl (C=O) groups excluding carboxylic acids is 1. The van der Waals surface area contributed by atoms with Gasteiger partial charge in [0.1, 0.15) is 17.6 Å². The van der Waals surface area contributed by atoms with Crippen molar-refractivity contribution in [3.63, 3.8) is 0 Å². The molecule has 0 saturated heterocycles. The van der Waals surface area contributed by atoms with Crippen LogP contribution in [0.15, 0.2) is 53.9 Å². The van der Waals surface area contributed by atoms with Crippen LogP contribution < -0.4 is 15.0 Å². The quantitative estimate of drug-likeness (QED) is 0.523. The second-order valence-electron chi connectivity index (χ2n) is 7.18. The number of rotatable bonds is 8. The van der Waals surface area contributed by atoms with Crippen molar-refractivity contribution in [2.45, 2.75) is 39.3 Å². The fraction of sp³-hybridized carbons (Fsp3) is 0.304. The van der Waals surface area contributed by atoms with E-state index >= 15 is 0 Å². The zero-order valence-corrected chi connectivity index (χ0v) is 18.4. The van der Waals surface area contributed by atoms with Crippen LogP contribution in [0.2, 0.25) is 0 Å². The molecule has 3 rings (SSSR count). The average molecular weight is 428 g/mol. The van der Waals surface area contributed by atoms with Gasteiger partial charge in [0.2, 0.25) is 5.91 Å². The molecule has 1 N–H and O–H groups in total. The number of anilines is 2. The summed E-state index contributed by atoms with van der Waals surface area (Å²) in [5.41, 5.74) is 2.42. The van der Waals surface area contributed by atoms with Gasteiger partial charge >= 0.3 is 0 Å². The Labute approximate surface area is 180 Å². The van der Waals surface area contributed by atoms with Gasteiger partial charge in [0.15, 0.2) is 5.13 Å². The summed E-state index contributed by atoms with van der Waals surface area (Å²) in [5, 5.41) is 5.63. The third kappa shape index (κ3) is 4.97. The van der Waals surface area contributed by atoms with Gasteiger partial charge in [-0.05, 0) is 68.8 Å². The first-order chi connectivity index (χ1) is 14.4. The molecule has 2 aromatic carbocycles. The fourth-order valence-corrected chi connectivity index (χ4v) is 4.06. The van der Waals surface area contributed by atoms with Crippen LogP contribution >= 0.6 is 11.3 Å². The van der Waals surface area contributed by atoms with Gasteiger partial charge in [-0.15, -0.1) is 11.3 Å². The molecule has 5 nitrogen and oxygen atoms in total. The molecule has 0 spiro atoms. The largest absolute Gasteiger partial charge is 0.497 e. The van der Waals surface area contributed by atoms with Crippen LogP contribution in [0, 0.1) is 5.82 Å². The minimum absolute atomic E-state index is 0.0374. The van der Waals surface area contributed by atoms with Crippen LogP contribution in [-0.2, 0) is 4.79 Å². The topological polar surface area (TPSA) is 54.5 Å². The first-order valence-corrected chi connectivity index (χ1v) is 10.8. The van der Waals surface area contributed by atoms with Crippen molar-refractivity contribution in [3.8, 4) is 17.0 Å². The van der Waals surface area contributed by atoms with Crippen LogP contribution in [0.1, 0.15) is 27.2 Å². The van der Waals surface area contributed by atoms with Crippen molar-refractivity contribution in [2.75, 3.05) is 12.0 Å². The molecule has 0 bridgehead atoms. The first-order valence-electron chi connectivity index (χ1n) is 9.88. The van der Waals surface area contributed by atoms with Crippen LogP contribution in [0.25, 0.3) is 11.3 Å². The third-order valence-electron chi connectivity index (χ3n) is 4.62. The van der Waals surface area contributed by atoms with E-state index in [1.165, 1.54) is 23.5 Å². The van der Waals surface area contributed by atoms with Gasteiger partial charge in [-0.2, -0.15) is 0 Å². The summed E-state index contributed by atoms with van der Waals surface area (Å²) >= 11 is 1.45. The maximum absolute atomic E-state index is 13.3. The Balaban J connectivity index is 2.02. The summed E-state index contributed by atoms with van der Waals surface area (Å²) in [6, 6.07) is 13.4. The minimum atomic E-state index is -0.423. The average Bonchev–Trinajstić information content (AvgIpc) is 3.21. The van der Waals surface area contributed by atoms with Gasteiger partial charge in [0, 0.05) is 22.7 Å². The SMILES string of the molecule is CCC(C(=O)NC(C)C)N(c1ccc(OC)cc1)c1nc(-c2ccc(F)cc2)cs1. The number of hydrogen-bond acceptors (Lipinski definition) is 5. The Hall–Kier alpha value is -2.93. The molecule has 7 heteroatoms. The van der Waals surface area contributed by atoms with E-state index in [1.54, 1.807) is 19.2 Å². The number of ether oxygens (including phenoxy) is 1. The minimum Gasteiger partial charge on any atom is -0.497 e. The Kier molecular flexibility index (Phi) is 7.05. The molecule has 1 heterocycles. The summed E-state index contributed by atoms with van der Waals surface area (Å²) in [4.78, 5) is 19.7. The van der Waals surface area contributed by atoms with E-state index < -0.39 is 6.04 Å². The number of aromatic nitrogens is 1. The van der Waals surface area contributed by atoms with E-state index in [0.717, 1.165) is 22.7 Å². The fourth-order valence-electron chi connectivity index (χ4n) is 3.16. The number of hydrogen-bond donors (Lipinski definition) is 1. The highest BCUT2D eigenvalue weighted by Crippen LogP contribution is 2.35. The smallest absolute Gasteiger partial charge is 0.243 e. The molecule has 0 fully saturated rings. The number of benzene rings is 2. The number of amides is 1. The maximum Gasteiger partial charge on any atom is 0.243 e. The van der Waals surface area contributed by atoms with Crippen molar-refractivity contribution in [2.24, 2.45) is 0 Å². The Morgan fingerprint density at radius 2 is 1.83 bits per heavy atom. The zero-order valence-electron chi connectivity index (χ0n) is 17.6. The molecule has 1 aromatic heterocycles. The lowest BCUT2D eigenvalue weighted by Crippen LogP contribution is -2.46. The van der Waals surface area contributed by atoms with E-state index in [2.05, 4.69) is 5.32 Å². The molecule has 0 aliphatic heterocycles. The van der Waals surface area contributed by atoms with Gasteiger partial charge in [0.25, 0.3) is 0 Å². The first kappa shape index (κ1) is 21.8. The Morgan fingerprint density at radius 1 is 1.17 bits per heavy atom. The molecule has 158 valence electrons. The Morgan fingerprint density at radius 3 is 2.40 bits per heavy atom. The summed E-state index contributed by atoms with van der Waals surface area (Å²) in [7, 11) is 1.62. The van der Waals surface area contributed by atoms with Crippen LogP contribution in [0.5, 0.6) is 5.75 Å². The number of carbonyl (C=O) groups is 1. The molecule has 1 atom stereocenters. The number of nitrogens with zero attached hydrogens (tertiary/aromatic N) is 2. The van der Waals surface area contributed by atoms with Crippen LogP contribution in [-0.4, -0.2) is 30.1 Å². The van der Waals surface area contributed by atoms with Crippen molar-refractivity contribution >= 4 is 28.1 Å². The van der Waals surface area contributed by atoms with Crippen molar-refractivity contribution in [1.29, 1.82) is 0 Å². The Bertz CT molecular complexity index is 971. The molecule has 0 radical (unpaired) electrons. The molecule has 1 unspecified atom stereocenters. The molecule has 0 aliphatic rings. The highest BCUT2D eigenvalue weighted by Gasteiger charge is 2.28. The van der Waals surface area contributed by atoms with Crippen molar-refractivity contribution in [1.82, 2.24) is 10.3 Å². The van der Waals surface area contributed by atoms with Crippen LogP contribution in [0.3, 0.4) is 0 Å². The molecule has 3 aromatic rings. The summed E-state index contributed by atoms with van der Waals surface area (Å²) in [6.07, 6.45) is 0.607.